The van der Waals surface area contributed by atoms with Crippen LogP contribution in [0.3, 0.4) is 0 Å². The number of hydrogen-bond acceptors (Lipinski definition) is 4. The van der Waals surface area contributed by atoms with Gasteiger partial charge in [-0.3, -0.25) is 0 Å². The van der Waals surface area contributed by atoms with E-state index < -0.39 is 5.97 Å². The Morgan fingerprint density at radius 1 is 1.26 bits per heavy atom. The Morgan fingerprint density at radius 2 is 2.04 bits per heavy atom. The lowest BCUT2D eigenvalue weighted by atomic mass is 10.2. The van der Waals surface area contributed by atoms with E-state index in [9.17, 15) is 4.79 Å². The van der Waals surface area contributed by atoms with Crippen molar-refractivity contribution in [2.75, 3.05) is 7.11 Å². The molecule has 0 saturated carbocycles. The summed E-state index contributed by atoms with van der Waals surface area (Å²) in [6, 6.07) is 12.8. The van der Waals surface area contributed by atoms with E-state index in [1.165, 1.54) is 0 Å². The first-order chi connectivity index (χ1) is 11.1. The van der Waals surface area contributed by atoms with Crippen LogP contribution in [0.2, 0.25) is 5.02 Å². The average Bonchev–Trinajstić information content (AvgIpc) is 2.89. The lowest BCUT2D eigenvalue weighted by Gasteiger charge is -2.03. The van der Waals surface area contributed by atoms with Crippen molar-refractivity contribution in [1.82, 2.24) is 0 Å². The molecular weight excluding hydrogens is 429 g/mol. The van der Waals surface area contributed by atoms with Crippen molar-refractivity contribution in [3.8, 4) is 5.75 Å². The topological polar surface area (TPSA) is 47.9 Å². The van der Waals surface area contributed by atoms with Crippen LogP contribution in [0.1, 0.15) is 11.1 Å². The Kier molecular flexibility index (Phi) is 4.68. The molecule has 0 unspecified atom stereocenters. The number of carbonyl (C=O) groups is 1. The Balaban J connectivity index is 1.95. The van der Waals surface area contributed by atoms with Crippen LogP contribution in [0.15, 0.2) is 53.2 Å². The number of hydrogen-bond donors (Lipinski definition) is 0. The third-order valence-corrected chi connectivity index (χ3v) is 4.44. The van der Waals surface area contributed by atoms with Gasteiger partial charge in [0.1, 0.15) is 5.75 Å². The summed E-state index contributed by atoms with van der Waals surface area (Å²) in [6.07, 6.45) is 1.64. The van der Waals surface area contributed by atoms with Crippen LogP contribution in [0.25, 0.3) is 6.08 Å². The number of aliphatic imine (C=N–C) groups is 1. The van der Waals surface area contributed by atoms with Gasteiger partial charge in [0.15, 0.2) is 5.70 Å². The molecule has 0 fully saturated rings. The molecule has 0 amide bonds. The second-order valence-corrected chi connectivity index (χ2v) is 6.28. The molecule has 0 bridgehead atoms. The van der Waals surface area contributed by atoms with Crippen molar-refractivity contribution in [1.29, 1.82) is 0 Å². The molecule has 0 aromatic heterocycles. The highest BCUT2D eigenvalue weighted by molar-refractivity contribution is 14.1. The maximum atomic E-state index is 12.0. The normalized spacial score (nSPS) is 15.5. The lowest BCUT2D eigenvalue weighted by Crippen LogP contribution is -2.06. The third-order valence-electron chi connectivity index (χ3n) is 3.20. The zero-order valence-corrected chi connectivity index (χ0v) is 15.0. The van der Waals surface area contributed by atoms with Gasteiger partial charge in [-0.15, -0.1) is 0 Å². The van der Waals surface area contributed by atoms with Crippen LogP contribution < -0.4 is 4.74 Å². The maximum Gasteiger partial charge on any atom is 0.363 e. The molecule has 0 radical (unpaired) electrons. The molecule has 6 heteroatoms. The molecule has 0 saturated heterocycles. The third kappa shape index (κ3) is 3.40. The first kappa shape index (κ1) is 16.0. The second kappa shape index (κ2) is 6.72. The maximum absolute atomic E-state index is 12.0. The summed E-state index contributed by atoms with van der Waals surface area (Å²) in [5, 5.41) is 0.468. The van der Waals surface area contributed by atoms with Crippen molar-refractivity contribution in [3.05, 3.63) is 67.9 Å². The van der Waals surface area contributed by atoms with Crippen molar-refractivity contribution in [3.63, 3.8) is 0 Å². The summed E-state index contributed by atoms with van der Waals surface area (Å²) in [5.74, 6) is 0.406. The summed E-state index contributed by atoms with van der Waals surface area (Å²) in [6.45, 7) is 0. The first-order valence-electron chi connectivity index (χ1n) is 6.69. The predicted octanol–water partition coefficient (Wildman–Crippen LogP) is 4.30. The molecule has 1 aliphatic rings. The van der Waals surface area contributed by atoms with Gasteiger partial charge >= 0.3 is 5.97 Å². The number of cyclic esters (lactones) is 1. The molecule has 2 aromatic carbocycles. The smallest absolute Gasteiger partial charge is 0.363 e. The lowest BCUT2D eigenvalue weighted by molar-refractivity contribution is -0.129. The monoisotopic (exact) mass is 439 g/mol. The number of methoxy groups -OCH3 is 1. The zero-order valence-electron chi connectivity index (χ0n) is 12.0. The highest BCUT2D eigenvalue weighted by Gasteiger charge is 2.25. The van der Waals surface area contributed by atoms with E-state index >= 15 is 0 Å². The van der Waals surface area contributed by atoms with Crippen molar-refractivity contribution in [2.45, 2.75) is 0 Å². The minimum absolute atomic E-state index is 0.237. The number of ether oxygens (including phenoxy) is 2. The van der Waals surface area contributed by atoms with Gasteiger partial charge in [-0.2, -0.15) is 0 Å². The van der Waals surface area contributed by atoms with Crippen LogP contribution in [0, 0.1) is 3.57 Å². The molecule has 4 nitrogen and oxygen atoms in total. The quantitative estimate of drug-likeness (QED) is 0.407. The largest absolute Gasteiger partial charge is 0.495 e. The van der Waals surface area contributed by atoms with Crippen LogP contribution in [0.4, 0.5) is 0 Å². The predicted molar refractivity (Wildman–Crippen MR) is 97.8 cm³/mol. The minimum atomic E-state index is -0.480. The number of carbonyl (C=O) groups excluding carboxylic acids is 1. The molecule has 0 N–H and O–H groups in total. The summed E-state index contributed by atoms with van der Waals surface area (Å²) in [5.41, 5.74) is 1.77. The standard InChI is InChI=1S/C17H11ClINO3/c1-22-15-7-6-10(8-12(15)18)9-14-17(21)23-16(20-14)11-4-2-3-5-13(11)19/h2-9H,1H3. The van der Waals surface area contributed by atoms with E-state index in [2.05, 4.69) is 27.6 Å². The fourth-order valence-corrected chi connectivity index (χ4v) is 2.97. The minimum Gasteiger partial charge on any atom is -0.495 e. The number of rotatable bonds is 3. The van der Waals surface area contributed by atoms with Crippen molar-refractivity contribution >= 4 is 52.1 Å². The fourth-order valence-electron chi connectivity index (χ4n) is 2.09. The molecule has 1 aliphatic heterocycles. The molecule has 0 atom stereocenters. The summed E-state index contributed by atoms with van der Waals surface area (Å²) in [4.78, 5) is 16.3. The van der Waals surface area contributed by atoms with Crippen molar-refractivity contribution < 1.29 is 14.3 Å². The van der Waals surface area contributed by atoms with Gasteiger partial charge in [0.25, 0.3) is 0 Å². The van der Waals surface area contributed by atoms with Gasteiger partial charge < -0.3 is 9.47 Å². The van der Waals surface area contributed by atoms with E-state index in [1.54, 1.807) is 31.4 Å². The Morgan fingerprint density at radius 3 is 2.74 bits per heavy atom. The van der Waals surface area contributed by atoms with Crippen LogP contribution in [0.5, 0.6) is 5.75 Å². The average molecular weight is 440 g/mol. The first-order valence-corrected chi connectivity index (χ1v) is 8.15. The molecule has 0 spiro atoms. The summed E-state index contributed by atoms with van der Waals surface area (Å²) in [7, 11) is 1.55. The van der Waals surface area contributed by atoms with Crippen molar-refractivity contribution in [2.24, 2.45) is 4.99 Å². The fraction of sp³-hybridized carbons (Fsp3) is 0.0588. The second-order valence-electron chi connectivity index (χ2n) is 4.71. The molecule has 2 aromatic rings. The van der Waals surface area contributed by atoms with Gasteiger partial charge in [0.2, 0.25) is 5.90 Å². The Hall–Kier alpha value is -1.86. The van der Waals surface area contributed by atoms with E-state index in [-0.39, 0.29) is 5.70 Å². The molecule has 0 aliphatic carbocycles. The van der Waals surface area contributed by atoms with Gasteiger partial charge in [0.05, 0.1) is 17.7 Å². The van der Waals surface area contributed by atoms with E-state index in [0.29, 0.717) is 16.7 Å². The Bertz CT molecular complexity index is 845. The summed E-state index contributed by atoms with van der Waals surface area (Å²) < 4.78 is 11.3. The SMILES string of the molecule is COc1ccc(C=C2N=C(c3ccccc3I)OC2=O)cc1Cl. The zero-order chi connectivity index (χ0) is 16.4. The number of benzene rings is 2. The van der Waals surface area contributed by atoms with Gasteiger partial charge in [-0.05, 0) is 58.5 Å². The van der Waals surface area contributed by atoms with Crippen LogP contribution >= 0.6 is 34.2 Å². The molecule has 23 heavy (non-hydrogen) atoms. The number of esters is 1. The highest BCUT2D eigenvalue weighted by atomic mass is 127. The number of nitrogens with zero attached hydrogens (tertiary/aromatic N) is 1. The van der Waals surface area contributed by atoms with E-state index in [4.69, 9.17) is 21.1 Å². The molecule has 1 heterocycles. The summed E-state index contributed by atoms with van der Waals surface area (Å²) >= 11 is 8.27. The Labute approximate surface area is 151 Å². The van der Waals surface area contributed by atoms with Crippen LogP contribution in [-0.2, 0) is 9.53 Å². The van der Waals surface area contributed by atoms with Crippen LogP contribution in [-0.4, -0.2) is 19.0 Å². The van der Waals surface area contributed by atoms with E-state index in [0.717, 1.165) is 14.7 Å². The highest BCUT2D eigenvalue weighted by Crippen LogP contribution is 2.27. The van der Waals surface area contributed by atoms with Gasteiger partial charge in [-0.1, -0.05) is 29.8 Å². The molecule has 3 rings (SSSR count). The van der Waals surface area contributed by atoms with Gasteiger partial charge in [0, 0.05) is 3.57 Å². The molecule has 116 valence electrons. The van der Waals surface area contributed by atoms with E-state index in [1.807, 2.05) is 24.3 Å². The van der Waals surface area contributed by atoms with Gasteiger partial charge in [-0.25, -0.2) is 9.79 Å². The number of halogens is 2. The molecular formula is C17H11ClINO3.